The molecule has 3 heterocycles. The summed E-state index contributed by atoms with van der Waals surface area (Å²) in [6.07, 6.45) is 0. The van der Waals surface area contributed by atoms with Gasteiger partial charge in [0.1, 0.15) is 11.4 Å². The van der Waals surface area contributed by atoms with Crippen molar-refractivity contribution >= 4 is 23.0 Å². The Morgan fingerprint density at radius 1 is 1.24 bits per heavy atom. The standard InChI is InChI=1S/C11H11ClN5/c1-6-4-9(12)14-17-10(6)15-16-8(3)5-7(2)13-11(16)17/h4-5H,1-3H3/q+1. The van der Waals surface area contributed by atoms with E-state index in [1.807, 2.05) is 26.8 Å². The van der Waals surface area contributed by atoms with Gasteiger partial charge in [0, 0.05) is 16.7 Å². The largest absolute Gasteiger partial charge is 0.411 e. The van der Waals surface area contributed by atoms with E-state index in [9.17, 15) is 0 Å². The molecule has 0 atom stereocenters. The van der Waals surface area contributed by atoms with Crippen LogP contribution in [0.5, 0.6) is 0 Å². The SMILES string of the molecule is Cc1cc(C)n2nc3c(C)cc(Cl)n[n+]3c2n1. The van der Waals surface area contributed by atoms with E-state index in [1.54, 1.807) is 15.1 Å². The van der Waals surface area contributed by atoms with Gasteiger partial charge in [-0.1, -0.05) is 20.6 Å². The summed E-state index contributed by atoms with van der Waals surface area (Å²) in [6, 6.07) is 3.78. The van der Waals surface area contributed by atoms with Crippen molar-refractivity contribution in [3.8, 4) is 0 Å². The Balaban J connectivity index is 2.60. The molecule has 0 N–H and O–H groups in total. The number of hydrogen-bond donors (Lipinski definition) is 0. The molecule has 0 aliphatic rings. The Morgan fingerprint density at radius 3 is 2.76 bits per heavy atom. The van der Waals surface area contributed by atoms with E-state index in [0.717, 1.165) is 22.6 Å². The Labute approximate surface area is 103 Å². The first-order valence-electron chi connectivity index (χ1n) is 5.28. The van der Waals surface area contributed by atoms with Gasteiger partial charge in [0.25, 0.3) is 5.65 Å². The van der Waals surface area contributed by atoms with Crippen LogP contribution < -0.4 is 4.52 Å². The Kier molecular flexibility index (Phi) is 2.06. The molecule has 3 rings (SSSR count). The molecular formula is C11H11ClN5+. The smallest absolute Gasteiger partial charge is 0.108 e. The van der Waals surface area contributed by atoms with Crippen LogP contribution in [0.25, 0.3) is 11.4 Å². The van der Waals surface area contributed by atoms with E-state index in [2.05, 4.69) is 15.2 Å². The first-order valence-corrected chi connectivity index (χ1v) is 5.66. The molecule has 0 aliphatic carbocycles. The highest BCUT2D eigenvalue weighted by Gasteiger charge is 2.20. The van der Waals surface area contributed by atoms with Crippen LogP contribution in [0.4, 0.5) is 0 Å². The molecule has 0 spiro atoms. The van der Waals surface area contributed by atoms with Crippen molar-refractivity contribution in [3.63, 3.8) is 0 Å². The zero-order valence-corrected chi connectivity index (χ0v) is 10.5. The van der Waals surface area contributed by atoms with Gasteiger partial charge in [-0.3, -0.25) is 0 Å². The average molecular weight is 249 g/mol. The molecule has 3 aromatic heterocycles. The highest BCUT2D eigenvalue weighted by Crippen LogP contribution is 2.10. The molecule has 86 valence electrons. The molecule has 0 radical (unpaired) electrons. The molecule has 6 heteroatoms. The molecule has 0 amide bonds. The minimum Gasteiger partial charge on any atom is -0.108 e. The number of aromatic nitrogens is 5. The maximum atomic E-state index is 5.96. The van der Waals surface area contributed by atoms with Crippen molar-refractivity contribution in [2.24, 2.45) is 0 Å². The van der Waals surface area contributed by atoms with Crippen molar-refractivity contribution in [1.82, 2.24) is 19.7 Å². The molecule has 0 unspecified atom stereocenters. The summed E-state index contributed by atoms with van der Waals surface area (Å²) in [5.41, 5.74) is 3.71. The molecule has 0 aliphatic heterocycles. The molecule has 17 heavy (non-hydrogen) atoms. The summed E-state index contributed by atoms with van der Waals surface area (Å²) in [5, 5.41) is 9.18. The Hall–Kier alpha value is -1.75. The normalized spacial score (nSPS) is 11.5. The van der Waals surface area contributed by atoms with Gasteiger partial charge in [0.2, 0.25) is 0 Å². The molecule has 0 bridgehead atoms. The lowest BCUT2D eigenvalue weighted by Crippen LogP contribution is -2.27. The summed E-state index contributed by atoms with van der Waals surface area (Å²) in [4.78, 5) is 4.45. The second-order valence-corrected chi connectivity index (χ2v) is 4.52. The van der Waals surface area contributed by atoms with Crippen LogP contribution in [0, 0.1) is 20.8 Å². The molecule has 0 saturated carbocycles. The first-order chi connectivity index (χ1) is 8.06. The minimum atomic E-state index is 0.441. The van der Waals surface area contributed by atoms with Gasteiger partial charge in [-0.2, -0.15) is 0 Å². The maximum absolute atomic E-state index is 5.96. The third-order valence-electron chi connectivity index (χ3n) is 2.69. The van der Waals surface area contributed by atoms with Gasteiger partial charge >= 0.3 is 5.78 Å². The lowest BCUT2D eigenvalue weighted by molar-refractivity contribution is -0.556. The number of halogens is 1. The summed E-state index contributed by atoms with van der Waals surface area (Å²) in [5.74, 6) is 0.683. The van der Waals surface area contributed by atoms with E-state index in [4.69, 9.17) is 11.6 Å². The van der Waals surface area contributed by atoms with Gasteiger partial charge in [0.05, 0.1) is 0 Å². The number of aryl methyl sites for hydroxylation is 3. The van der Waals surface area contributed by atoms with Crippen molar-refractivity contribution in [2.45, 2.75) is 20.8 Å². The monoisotopic (exact) mass is 248 g/mol. The quantitative estimate of drug-likeness (QED) is 0.566. The number of nitrogens with zero attached hydrogens (tertiary/aromatic N) is 5. The van der Waals surface area contributed by atoms with Crippen molar-refractivity contribution < 1.29 is 4.52 Å². The van der Waals surface area contributed by atoms with Gasteiger partial charge < -0.3 is 0 Å². The van der Waals surface area contributed by atoms with E-state index < -0.39 is 0 Å². The lowest BCUT2D eigenvalue weighted by Gasteiger charge is -1.92. The average Bonchev–Trinajstić information content (AvgIpc) is 2.58. The summed E-state index contributed by atoms with van der Waals surface area (Å²) in [6.45, 7) is 5.90. The Bertz CT molecular complexity index is 684. The molecular weight excluding hydrogens is 238 g/mol. The summed E-state index contributed by atoms with van der Waals surface area (Å²) < 4.78 is 3.45. The van der Waals surface area contributed by atoms with Crippen molar-refractivity contribution in [3.05, 3.63) is 34.2 Å². The molecule has 0 saturated heterocycles. The fraction of sp³-hybridized carbons (Fsp3) is 0.273. The van der Waals surface area contributed by atoms with Crippen LogP contribution in [0.15, 0.2) is 12.1 Å². The van der Waals surface area contributed by atoms with Crippen molar-refractivity contribution in [1.29, 1.82) is 0 Å². The predicted octanol–water partition coefficient (Wildman–Crippen LogP) is 1.44. The highest BCUT2D eigenvalue weighted by molar-refractivity contribution is 6.29. The van der Waals surface area contributed by atoms with Gasteiger partial charge in [-0.05, 0) is 26.8 Å². The molecule has 0 aromatic carbocycles. The maximum Gasteiger partial charge on any atom is 0.411 e. The summed E-state index contributed by atoms with van der Waals surface area (Å²) >= 11 is 5.96. The second-order valence-electron chi connectivity index (χ2n) is 4.14. The third kappa shape index (κ3) is 1.46. The second kappa shape index (κ2) is 3.37. The van der Waals surface area contributed by atoms with Crippen LogP contribution >= 0.6 is 11.6 Å². The Morgan fingerprint density at radius 2 is 2.00 bits per heavy atom. The zero-order valence-electron chi connectivity index (χ0n) is 9.77. The van der Waals surface area contributed by atoms with Crippen LogP contribution in [0.2, 0.25) is 5.15 Å². The first kappa shape index (κ1) is 10.4. The number of fused-ring (bicyclic) bond motifs is 3. The number of rotatable bonds is 0. The van der Waals surface area contributed by atoms with Crippen LogP contribution in [0.3, 0.4) is 0 Å². The highest BCUT2D eigenvalue weighted by atomic mass is 35.5. The minimum absolute atomic E-state index is 0.441. The van der Waals surface area contributed by atoms with E-state index in [-0.39, 0.29) is 0 Å². The van der Waals surface area contributed by atoms with Crippen LogP contribution in [0.1, 0.15) is 17.0 Å². The summed E-state index contributed by atoms with van der Waals surface area (Å²) in [7, 11) is 0. The molecule has 0 fully saturated rings. The predicted molar refractivity (Wildman–Crippen MR) is 63.2 cm³/mol. The third-order valence-corrected chi connectivity index (χ3v) is 2.87. The van der Waals surface area contributed by atoms with E-state index in [1.165, 1.54) is 0 Å². The van der Waals surface area contributed by atoms with E-state index >= 15 is 0 Å². The number of hydrogen-bond acceptors (Lipinski definition) is 3. The topological polar surface area (TPSA) is 47.2 Å². The van der Waals surface area contributed by atoms with Crippen LogP contribution in [-0.2, 0) is 0 Å². The van der Waals surface area contributed by atoms with E-state index in [0.29, 0.717) is 10.9 Å². The lowest BCUT2D eigenvalue weighted by atomic mass is 10.3. The van der Waals surface area contributed by atoms with Crippen molar-refractivity contribution in [2.75, 3.05) is 0 Å². The van der Waals surface area contributed by atoms with Gasteiger partial charge in [-0.25, -0.2) is 0 Å². The zero-order chi connectivity index (χ0) is 12.2. The molecule has 5 nitrogen and oxygen atoms in total. The van der Waals surface area contributed by atoms with Gasteiger partial charge in [0.15, 0.2) is 5.15 Å². The fourth-order valence-electron chi connectivity index (χ4n) is 1.96. The molecule has 3 aromatic rings. The fourth-order valence-corrected chi connectivity index (χ4v) is 2.20. The van der Waals surface area contributed by atoms with Gasteiger partial charge in [-0.15, -0.1) is 10.1 Å². The van der Waals surface area contributed by atoms with Crippen LogP contribution in [-0.4, -0.2) is 19.7 Å².